The molecule has 0 aliphatic heterocycles. The SMILES string of the molecule is COc1ccc(C)cc1[C@@H](C)NC(=O)[C@H](CC(C)C)NC(N)=O. The Kier molecular flexibility index (Phi) is 6.88. The Morgan fingerprint density at radius 2 is 1.87 bits per heavy atom. The molecule has 6 nitrogen and oxygen atoms in total. The van der Waals surface area contributed by atoms with Gasteiger partial charge in [-0.05, 0) is 32.3 Å². The van der Waals surface area contributed by atoms with Crippen LogP contribution in [-0.2, 0) is 4.79 Å². The summed E-state index contributed by atoms with van der Waals surface area (Å²) in [5.74, 6) is 0.710. The van der Waals surface area contributed by atoms with E-state index in [0.717, 1.165) is 11.1 Å². The molecule has 6 heteroatoms. The van der Waals surface area contributed by atoms with Crippen LogP contribution in [0.3, 0.4) is 0 Å². The summed E-state index contributed by atoms with van der Waals surface area (Å²) >= 11 is 0. The van der Waals surface area contributed by atoms with E-state index in [2.05, 4.69) is 10.6 Å². The molecule has 0 heterocycles. The molecule has 23 heavy (non-hydrogen) atoms. The van der Waals surface area contributed by atoms with E-state index in [1.54, 1.807) is 7.11 Å². The molecule has 0 spiro atoms. The number of methoxy groups -OCH3 is 1. The van der Waals surface area contributed by atoms with Gasteiger partial charge in [0.15, 0.2) is 0 Å². The molecule has 0 aliphatic carbocycles. The first-order valence-electron chi connectivity index (χ1n) is 7.75. The Morgan fingerprint density at radius 1 is 1.22 bits per heavy atom. The van der Waals surface area contributed by atoms with Gasteiger partial charge in [0.25, 0.3) is 0 Å². The van der Waals surface area contributed by atoms with Crippen LogP contribution in [0.4, 0.5) is 4.79 Å². The number of nitrogens with two attached hydrogens (primary N) is 1. The van der Waals surface area contributed by atoms with Gasteiger partial charge >= 0.3 is 6.03 Å². The van der Waals surface area contributed by atoms with Crippen LogP contribution in [0.1, 0.15) is 44.4 Å². The molecule has 1 aromatic rings. The Labute approximate surface area is 137 Å². The molecule has 0 bridgehead atoms. The third kappa shape index (κ3) is 5.81. The molecule has 4 N–H and O–H groups in total. The molecular formula is C17H27N3O3. The summed E-state index contributed by atoms with van der Waals surface area (Å²) in [6, 6.07) is 4.20. The van der Waals surface area contributed by atoms with Crippen LogP contribution in [0.5, 0.6) is 5.75 Å². The van der Waals surface area contributed by atoms with Crippen LogP contribution in [0.2, 0.25) is 0 Å². The van der Waals surface area contributed by atoms with E-state index in [9.17, 15) is 9.59 Å². The minimum Gasteiger partial charge on any atom is -0.496 e. The Balaban J connectivity index is 2.88. The number of nitrogens with one attached hydrogen (secondary N) is 2. The van der Waals surface area contributed by atoms with E-state index in [4.69, 9.17) is 10.5 Å². The van der Waals surface area contributed by atoms with Crippen LogP contribution >= 0.6 is 0 Å². The van der Waals surface area contributed by atoms with Gasteiger partial charge in [-0.15, -0.1) is 0 Å². The van der Waals surface area contributed by atoms with Gasteiger partial charge < -0.3 is 21.1 Å². The fourth-order valence-electron chi connectivity index (χ4n) is 2.46. The van der Waals surface area contributed by atoms with Gasteiger partial charge in [-0.3, -0.25) is 4.79 Å². The molecule has 0 fully saturated rings. The molecule has 0 unspecified atom stereocenters. The number of carbonyl (C=O) groups excluding carboxylic acids is 2. The summed E-state index contributed by atoms with van der Waals surface area (Å²) < 4.78 is 5.35. The molecule has 0 saturated carbocycles. The van der Waals surface area contributed by atoms with Crippen molar-refractivity contribution < 1.29 is 14.3 Å². The lowest BCUT2D eigenvalue weighted by atomic mass is 10.0. The molecule has 128 valence electrons. The van der Waals surface area contributed by atoms with Crippen molar-refractivity contribution >= 4 is 11.9 Å². The van der Waals surface area contributed by atoms with Gasteiger partial charge in [-0.1, -0.05) is 31.5 Å². The van der Waals surface area contributed by atoms with E-state index in [1.165, 1.54) is 0 Å². The zero-order valence-corrected chi connectivity index (χ0v) is 14.5. The maximum absolute atomic E-state index is 12.5. The van der Waals surface area contributed by atoms with Gasteiger partial charge in [0, 0.05) is 5.56 Å². The topological polar surface area (TPSA) is 93.4 Å². The maximum Gasteiger partial charge on any atom is 0.312 e. The first-order chi connectivity index (χ1) is 10.7. The maximum atomic E-state index is 12.5. The first kappa shape index (κ1) is 18.8. The normalized spacial score (nSPS) is 13.3. The van der Waals surface area contributed by atoms with E-state index < -0.39 is 12.1 Å². The van der Waals surface area contributed by atoms with Crippen molar-refractivity contribution in [2.24, 2.45) is 11.7 Å². The highest BCUT2D eigenvalue weighted by atomic mass is 16.5. The summed E-state index contributed by atoms with van der Waals surface area (Å²) in [6.45, 7) is 7.82. The third-order valence-electron chi connectivity index (χ3n) is 3.55. The highest BCUT2D eigenvalue weighted by molar-refractivity contribution is 5.86. The number of rotatable bonds is 7. The lowest BCUT2D eigenvalue weighted by Gasteiger charge is -2.23. The van der Waals surface area contributed by atoms with Crippen molar-refractivity contribution in [3.05, 3.63) is 29.3 Å². The van der Waals surface area contributed by atoms with Crippen molar-refractivity contribution in [3.8, 4) is 5.75 Å². The van der Waals surface area contributed by atoms with Crippen LogP contribution in [0.15, 0.2) is 18.2 Å². The van der Waals surface area contributed by atoms with E-state index in [1.807, 2.05) is 45.9 Å². The van der Waals surface area contributed by atoms with Crippen LogP contribution in [0.25, 0.3) is 0 Å². The smallest absolute Gasteiger partial charge is 0.312 e. The number of hydrogen-bond acceptors (Lipinski definition) is 3. The summed E-state index contributed by atoms with van der Waals surface area (Å²) in [5, 5.41) is 5.42. The zero-order chi connectivity index (χ0) is 17.6. The lowest BCUT2D eigenvalue weighted by molar-refractivity contribution is -0.123. The molecule has 0 radical (unpaired) electrons. The standard InChI is InChI=1S/C17H27N3O3/c1-10(2)8-14(20-17(18)22)16(21)19-12(4)13-9-11(3)6-7-15(13)23-5/h6-7,9-10,12,14H,8H2,1-5H3,(H,19,21)(H3,18,20,22)/t12-,14+/m1/s1. The molecule has 2 atom stereocenters. The fourth-order valence-corrected chi connectivity index (χ4v) is 2.46. The second-order valence-corrected chi connectivity index (χ2v) is 6.17. The van der Waals surface area contributed by atoms with Crippen LogP contribution in [0, 0.1) is 12.8 Å². The Bertz CT molecular complexity index is 558. The van der Waals surface area contributed by atoms with Crippen molar-refractivity contribution in [2.75, 3.05) is 7.11 Å². The number of urea groups is 1. The molecule has 1 rings (SSSR count). The largest absolute Gasteiger partial charge is 0.496 e. The van der Waals surface area contributed by atoms with Gasteiger partial charge in [0.05, 0.1) is 13.2 Å². The number of carbonyl (C=O) groups is 2. The highest BCUT2D eigenvalue weighted by Crippen LogP contribution is 2.26. The number of aryl methyl sites for hydroxylation is 1. The first-order valence-corrected chi connectivity index (χ1v) is 7.75. The number of amides is 3. The number of benzene rings is 1. The minimum absolute atomic E-state index is 0.248. The van der Waals surface area contributed by atoms with E-state index in [-0.39, 0.29) is 17.9 Å². The van der Waals surface area contributed by atoms with Crippen molar-refractivity contribution in [2.45, 2.75) is 46.2 Å². The summed E-state index contributed by atoms with van der Waals surface area (Å²) in [5.41, 5.74) is 7.14. The third-order valence-corrected chi connectivity index (χ3v) is 3.55. The number of ether oxygens (including phenoxy) is 1. The molecule has 3 amide bonds. The average molecular weight is 321 g/mol. The van der Waals surface area contributed by atoms with E-state index >= 15 is 0 Å². The lowest BCUT2D eigenvalue weighted by Crippen LogP contribution is -2.49. The second kappa shape index (κ2) is 8.41. The van der Waals surface area contributed by atoms with Gasteiger partial charge in [0.1, 0.15) is 11.8 Å². The number of hydrogen-bond donors (Lipinski definition) is 3. The van der Waals surface area contributed by atoms with Crippen LogP contribution in [-0.4, -0.2) is 25.1 Å². The Morgan fingerprint density at radius 3 is 2.39 bits per heavy atom. The average Bonchev–Trinajstić information content (AvgIpc) is 2.45. The molecule has 0 saturated heterocycles. The monoisotopic (exact) mass is 321 g/mol. The zero-order valence-electron chi connectivity index (χ0n) is 14.5. The van der Waals surface area contributed by atoms with Crippen molar-refractivity contribution in [3.63, 3.8) is 0 Å². The Hall–Kier alpha value is -2.24. The highest BCUT2D eigenvalue weighted by Gasteiger charge is 2.23. The summed E-state index contributed by atoms with van der Waals surface area (Å²) in [7, 11) is 1.60. The number of primary amides is 1. The van der Waals surface area contributed by atoms with Crippen LogP contribution < -0.4 is 21.1 Å². The quantitative estimate of drug-likeness (QED) is 0.719. The summed E-state index contributed by atoms with van der Waals surface area (Å²) in [6.07, 6.45) is 0.520. The molecular weight excluding hydrogens is 294 g/mol. The second-order valence-electron chi connectivity index (χ2n) is 6.17. The fraction of sp³-hybridized carbons (Fsp3) is 0.529. The molecule has 0 aromatic heterocycles. The van der Waals surface area contributed by atoms with Gasteiger partial charge in [-0.2, -0.15) is 0 Å². The summed E-state index contributed by atoms with van der Waals surface area (Å²) in [4.78, 5) is 23.6. The molecule has 1 aromatic carbocycles. The van der Waals surface area contributed by atoms with E-state index in [0.29, 0.717) is 12.2 Å². The van der Waals surface area contributed by atoms with Crippen molar-refractivity contribution in [1.29, 1.82) is 0 Å². The van der Waals surface area contributed by atoms with Gasteiger partial charge in [-0.25, -0.2) is 4.79 Å². The van der Waals surface area contributed by atoms with Crippen molar-refractivity contribution in [1.82, 2.24) is 10.6 Å². The minimum atomic E-state index is -0.702. The van der Waals surface area contributed by atoms with Gasteiger partial charge in [0.2, 0.25) is 5.91 Å². The predicted molar refractivity (Wildman–Crippen MR) is 90.3 cm³/mol. The predicted octanol–water partition coefficient (Wildman–Crippen LogP) is 2.26. The molecule has 0 aliphatic rings.